The first kappa shape index (κ1) is 20.6. The van der Waals surface area contributed by atoms with Gasteiger partial charge in [-0.2, -0.15) is 0 Å². The SMILES string of the molecule is CCSc1ccccc1NC(=O)c1ccc([C@@H]2SCC(=O)N2Cc2ccco2)cc1. The minimum Gasteiger partial charge on any atom is -0.467 e. The van der Waals surface area contributed by atoms with Crippen LogP contribution >= 0.6 is 23.5 Å². The molecule has 30 heavy (non-hydrogen) atoms. The minimum atomic E-state index is -0.145. The summed E-state index contributed by atoms with van der Waals surface area (Å²) in [5.74, 6) is 2.09. The van der Waals surface area contributed by atoms with Gasteiger partial charge in [-0.25, -0.2) is 0 Å². The largest absolute Gasteiger partial charge is 0.467 e. The lowest BCUT2D eigenvalue weighted by molar-refractivity contribution is -0.128. The maximum atomic E-state index is 12.7. The van der Waals surface area contributed by atoms with E-state index in [1.165, 1.54) is 0 Å². The van der Waals surface area contributed by atoms with E-state index in [9.17, 15) is 9.59 Å². The summed E-state index contributed by atoms with van der Waals surface area (Å²) in [5.41, 5.74) is 2.40. The number of carbonyl (C=O) groups excluding carboxylic acids is 2. The Morgan fingerprint density at radius 3 is 2.70 bits per heavy atom. The summed E-state index contributed by atoms with van der Waals surface area (Å²) in [7, 11) is 0. The molecule has 7 heteroatoms. The van der Waals surface area contributed by atoms with E-state index < -0.39 is 0 Å². The minimum absolute atomic E-state index is 0.0820. The average molecular weight is 439 g/mol. The summed E-state index contributed by atoms with van der Waals surface area (Å²) in [5, 5.41) is 2.92. The number of furan rings is 1. The molecule has 1 aliphatic rings. The van der Waals surface area contributed by atoms with Crippen molar-refractivity contribution in [2.75, 3.05) is 16.8 Å². The molecule has 0 saturated carbocycles. The first-order chi connectivity index (χ1) is 14.7. The van der Waals surface area contributed by atoms with Crippen LogP contribution in [0.15, 0.2) is 76.2 Å². The number of carbonyl (C=O) groups is 2. The number of anilines is 1. The molecule has 2 aromatic carbocycles. The second-order valence-electron chi connectivity index (χ2n) is 6.77. The molecule has 0 bridgehead atoms. The molecule has 2 heterocycles. The van der Waals surface area contributed by atoms with Crippen molar-refractivity contribution in [3.63, 3.8) is 0 Å². The van der Waals surface area contributed by atoms with Crippen molar-refractivity contribution < 1.29 is 14.0 Å². The number of nitrogens with zero attached hydrogens (tertiary/aromatic N) is 1. The summed E-state index contributed by atoms with van der Waals surface area (Å²) in [6, 6.07) is 19.0. The molecule has 1 aromatic heterocycles. The lowest BCUT2D eigenvalue weighted by atomic mass is 10.1. The summed E-state index contributed by atoms with van der Waals surface area (Å²) in [4.78, 5) is 27.9. The van der Waals surface area contributed by atoms with Crippen LogP contribution in [0.4, 0.5) is 5.69 Å². The Bertz CT molecular complexity index is 1020. The van der Waals surface area contributed by atoms with Gasteiger partial charge in [-0.05, 0) is 47.7 Å². The van der Waals surface area contributed by atoms with Gasteiger partial charge < -0.3 is 14.6 Å². The maximum absolute atomic E-state index is 12.7. The second-order valence-corrected chi connectivity index (χ2v) is 9.14. The molecule has 1 N–H and O–H groups in total. The van der Waals surface area contributed by atoms with Crippen LogP contribution in [0.3, 0.4) is 0 Å². The van der Waals surface area contributed by atoms with Crippen LogP contribution in [-0.2, 0) is 11.3 Å². The molecule has 0 spiro atoms. The van der Waals surface area contributed by atoms with Crippen LogP contribution in [0.2, 0.25) is 0 Å². The maximum Gasteiger partial charge on any atom is 0.255 e. The van der Waals surface area contributed by atoms with Gasteiger partial charge in [0.25, 0.3) is 5.91 Å². The zero-order valence-corrected chi connectivity index (χ0v) is 18.2. The van der Waals surface area contributed by atoms with Gasteiger partial charge in [0, 0.05) is 10.5 Å². The van der Waals surface area contributed by atoms with Gasteiger partial charge in [0.05, 0.1) is 24.2 Å². The summed E-state index contributed by atoms with van der Waals surface area (Å²) < 4.78 is 5.40. The monoisotopic (exact) mass is 438 g/mol. The number of rotatable bonds is 7. The number of amides is 2. The third-order valence-corrected chi connectivity index (χ3v) is 6.98. The number of benzene rings is 2. The average Bonchev–Trinajstić information content (AvgIpc) is 3.40. The predicted molar refractivity (Wildman–Crippen MR) is 122 cm³/mol. The van der Waals surface area contributed by atoms with Gasteiger partial charge in [-0.3, -0.25) is 9.59 Å². The van der Waals surface area contributed by atoms with E-state index in [4.69, 9.17) is 4.42 Å². The highest BCUT2D eigenvalue weighted by atomic mass is 32.2. The van der Waals surface area contributed by atoms with Gasteiger partial charge in [0.2, 0.25) is 5.91 Å². The Balaban J connectivity index is 1.47. The molecule has 1 atom stereocenters. The molecule has 2 amide bonds. The number of para-hydroxylation sites is 1. The molecular weight excluding hydrogens is 416 g/mol. The van der Waals surface area contributed by atoms with Crippen molar-refractivity contribution in [2.45, 2.75) is 23.7 Å². The summed E-state index contributed by atoms with van der Waals surface area (Å²) in [6.45, 7) is 2.53. The lowest BCUT2D eigenvalue weighted by Crippen LogP contribution is -2.27. The Hall–Kier alpha value is -2.64. The molecule has 3 aromatic rings. The molecule has 154 valence electrons. The van der Waals surface area contributed by atoms with E-state index >= 15 is 0 Å². The summed E-state index contributed by atoms with van der Waals surface area (Å²) >= 11 is 3.29. The number of hydrogen-bond acceptors (Lipinski definition) is 5. The fourth-order valence-corrected chi connectivity index (χ4v) is 5.26. The zero-order valence-electron chi connectivity index (χ0n) is 16.5. The van der Waals surface area contributed by atoms with Crippen LogP contribution in [0.5, 0.6) is 0 Å². The van der Waals surface area contributed by atoms with Gasteiger partial charge in [0.15, 0.2) is 0 Å². The molecule has 1 aliphatic heterocycles. The van der Waals surface area contributed by atoms with Crippen LogP contribution in [0.25, 0.3) is 0 Å². The highest BCUT2D eigenvalue weighted by molar-refractivity contribution is 8.00. The molecule has 0 unspecified atom stereocenters. The Labute approximate surface area is 184 Å². The Morgan fingerprint density at radius 1 is 1.17 bits per heavy atom. The molecule has 0 radical (unpaired) electrons. The van der Waals surface area contributed by atoms with Crippen LogP contribution < -0.4 is 5.32 Å². The van der Waals surface area contributed by atoms with Crippen molar-refractivity contribution in [2.24, 2.45) is 0 Å². The molecule has 0 aliphatic carbocycles. The van der Waals surface area contributed by atoms with Crippen LogP contribution in [-0.4, -0.2) is 28.2 Å². The van der Waals surface area contributed by atoms with Crippen molar-refractivity contribution >= 4 is 41.0 Å². The fraction of sp³-hybridized carbons (Fsp3) is 0.217. The van der Waals surface area contributed by atoms with Crippen molar-refractivity contribution in [1.82, 2.24) is 4.90 Å². The number of thioether (sulfide) groups is 2. The molecule has 5 nitrogen and oxygen atoms in total. The zero-order chi connectivity index (χ0) is 20.9. The molecule has 1 saturated heterocycles. The Kier molecular flexibility index (Phi) is 6.50. The highest BCUT2D eigenvalue weighted by Gasteiger charge is 2.33. The second kappa shape index (κ2) is 9.45. The van der Waals surface area contributed by atoms with Gasteiger partial charge in [-0.15, -0.1) is 23.5 Å². The first-order valence-electron chi connectivity index (χ1n) is 9.72. The number of nitrogens with one attached hydrogen (secondary N) is 1. The number of hydrogen-bond donors (Lipinski definition) is 1. The first-order valence-corrected chi connectivity index (χ1v) is 11.8. The quantitative estimate of drug-likeness (QED) is 0.499. The summed E-state index contributed by atoms with van der Waals surface area (Å²) in [6.07, 6.45) is 1.61. The highest BCUT2D eigenvalue weighted by Crippen LogP contribution is 2.39. The Morgan fingerprint density at radius 2 is 1.97 bits per heavy atom. The van der Waals surface area contributed by atoms with E-state index in [1.54, 1.807) is 29.8 Å². The van der Waals surface area contributed by atoms with Gasteiger partial charge in [-0.1, -0.05) is 31.2 Å². The van der Waals surface area contributed by atoms with Crippen molar-refractivity contribution in [3.05, 3.63) is 83.8 Å². The third kappa shape index (κ3) is 4.57. The normalized spacial score (nSPS) is 16.1. The van der Waals surface area contributed by atoms with E-state index in [2.05, 4.69) is 12.2 Å². The van der Waals surface area contributed by atoms with Crippen molar-refractivity contribution in [1.29, 1.82) is 0 Å². The van der Waals surface area contributed by atoms with Crippen LogP contribution in [0.1, 0.15) is 34.0 Å². The smallest absolute Gasteiger partial charge is 0.255 e. The van der Waals surface area contributed by atoms with Crippen LogP contribution in [0, 0.1) is 0 Å². The standard InChI is InChI=1S/C23H22N2O3S2/c1-2-29-20-8-4-3-7-19(20)24-22(27)16-9-11-17(12-10-16)23-25(21(26)15-30-23)14-18-6-5-13-28-18/h3-13,23H,2,14-15H2,1H3,(H,24,27)/t23-/m0/s1. The van der Waals surface area contributed by atoms with E-state index in [-0.39, 0.29) is 17.2 Å². The predicted octanol–water partition coefficient (Wildman–Crippen LogP) is 5.42. The van der Waals surface area contributed by atoms with E-state index in [0.29, 0.717) is 17.9 Å². The molecular formula is C23H22N2O3S2. The molecule has 1 fully saturated rings. The van der Waals surface area contributed by atoms with E-state index in [1.807, 2.05) is 65.6 Å². The topological polar surface area (TPSA) is 62.6 Å². The van der Waals surface area contributed by atoms with E-state index in [0.717, 1.165) is 27.7 Å². The van der Waals surface area contributed by atoms with Crippen molar-refractivity contribution in [3.8, 4) is 0 Å². The van der Waals surface area contributed by atoms with Gasteiger partial charge in [0.1, 0.15) is 11.1 Å². The molecule has 4 rings (SSSR count). The van der Waals surface area contributed by atoms with Gasteiger partial charge >= 0.3 is 0 Å². The third-order valence-electron chi connectivity index (χ3n) is 4.77. The fourth-order valence-electron chi connectivity index (χ4n) is 3.32. The lowest BCUT2D eigenvalue weighted by Gasteiger charge is -2.23.